The van der Waals surface area contributed by atoms with Gasteiger partial charge < -0.3 is 5.11 Å². The second-order valence-electron chi connectivity index (χ2n) is 4.51. The summed E-state index contributed by atoms with van der Waals surface area (Å²) in [5.41, 5.74) is 1.54. The zero-order valence-electron chi connectivity index (χ0n) is 9.28. The van der Waals surface area contributed by atoms with Crippen LogP contribution in [-0.2, 0) is 0 Å². The van der Waals surface area contributed by atoms with E-state index in [0.717, 1.165) is 5.57 Å². The van der Waals surface area contributed by atoms with Crippen LogP contribution in [0, 0.1) is 16.7 Å². The molecule has 0 saturated carbocycles. The van der Waals surface area contributed by atoms with Gasteiger partial charge in [-0.1, -0.05) is 32.9 Å². The quantitative estimate of drug-likeness (QED) is 0.652. The van der Waals surface area contributed by atoms with Crippen LogP contribution < -0.4 is 0 Å². The van der Waals surface area contributed by atoms with Crippen LogP contribution in [0.5, 0.6) is 0 Å². The minimum atomic E-state index is 0.00514. The summed E-state index contributed by atoms with van der Waals surface area (Å²) in [5.74, 6) is 0.109. The molecule has 0 aromatic carbocycles. The van der Waals surface area contributed by atoms with Gasteiger partial charge in [0.25, 0.3) is 0 Å². The lowest BCUT2D eigenvalue weighted by Crippen LogP contribution is -2.07. The highest BCUT2D eigenvalue weighted by atomic mass is 16.3. The first-order chi connectivity index (χ1) is 6.93. The molecule has 2 heteroatoms. The minimum absolute atomic E-state index is 0.00514. The van der Waals surface area contributed by atoms with Crippen LogP contribution in [0.25, 0.3) is 0 Å². The largest absolute Gasteiger partial charge is 0.508 e. The van der Waals surface area contributed by atoms with E-state index in [1.165, 1.54) is 6.08 Å². The second kappa shape index (κ2) is 4.18. The van der Waals surface area contributed by atoms with Gasteiger partial charge in [0.2, 0.25) is 0 Å². The lowest BCUT2D eigenvalue weighted by molar-refractivity contribution is 0.432. The highest BCUT2D eigenvalue weighted by molar-refractivity contribution is 5.45. The van der Waals surface area contributed by atoms with E-state index in [-0.39, 0.29) is 11.2 Å². The van der Waals surface area contributed by atoms with Crippen LogP contribution in [0.15, 0.2) is 47.3 Å². The summed E-state index contributed by atoms with van der Waals surface area (Å²) in [6.07, 6.45) is 8.57. The second-order valence-corrected chi connectivity index (χ2v) is 4.51. The first-order valence-corrected chi connectivity index (χ1v) is 4.85. The molecule has 1 N–H and O–H groups in total. The van der Waals surface area contributed by atoms with Crippen LogP contribution in [0.2, 0.25) is 0 Å². The highest BCUT2D eigenvalue weighted by Gasteiger charge is 2.14. The Morgan fingerprint density at radius 3 is 2.40 bits per heavy atom. The Balaban J connectivity index is 3.14. The normalized spacial score (nSPS) is 29.3. The Hall–Kier alpha value is -1.75. The summed E-state index contributed by atoms with van der Waals surface area (Å²) in [6, 6.07) is 2.02. The lowest BCUT2D eigenvalue weighted by atomic mass is 9.85. The molecule has 0 atom stereocenters. The monoisotopic (exact) mass is 201 g/mol. The van der Waals surface area contributed by atoms with E-state index in [2.05, 4.69) is 20.8 Å². The van der Waals surface area contributed by atoms with Gasteiger partial charge in [0.1, 0.15) is 5.76 Å². The molecule has 0 aromatic rings. The van der Waals surface area contributed by atoms with Crippen molar-refractivity contribution < 1.29 is 5.11 Å². The summed E-state index contributed by atoms with van der Waals surface area (Å²) < 4.78 is 0. The van der Waals surface area contributed by atoms with E-state index in [0.29, 0.717) is 5.57 Å². The van der Waals surface area contributed by atoms with Gasteiger partial charge in [-0.25, -0.2) is 0 Å². The summed E-state index contributed by atoms with van der Waals surface area (Å²) in [7, 11) is 0. The van der Waals surface area contributed by atoms with Crippen molar-refractivity contribution in [2.24, 2.45) is 5.41 Å². The number of hydrogen-bond donors (Lipinski definition) is 1. The van der Waals surface area contributed by atoms with Gasteiger partial charge in [0.15, 0.2) is 0 Å². The number of nitriles is 1. The summed E-state index contributed by atoms with van der Waals surface area (Å²) in [6.45, 7) is 6.27. The maximum atomic E-state index is 9.45. The molecule has 1 rings (SSSR count). The minimum Gasteiger partial charge on any atom is -0.508 e. The molecule has 1 aliphatic carbocycles. The average molecular weight is 201 g/mol. The molecule has 15 heavy (non-hydrogen) atoms. The van der Waals surface area contributed by atoms with E-state index in [9.17, 15) is 5.11 Å². The fourth-order valence-corrected chi connectivity index (χ4v) is 1.24. The maximum Gasteiger partial charge on any atom is 0.116 e. The van der Waals surface area contributed by atoms with Crippen molar-refractivity contribution >= 4 is 0 Å². The van der Waals surface area contributed by atoms with Crippen molar-refractivity contribution in [1.82, 2.24) is 0 Å². The molecule has 1 aliphatic rings. The molecule has 0 aliphatic heterocycles. The maximum absolute atomic E-state index is 9.45. The van der Waals surface area contributed by atoms with Gasteiger partial charge in [-0.3, -0.25) is 0 Å². The number of rotatable bonds is 0. The molecule has 0 fully saturated rings. The molecule has 0 radical (unpaired) electrons. The number of aliphatic hydroxyl groups excluding tert-OH is 1. The zero-order valence-corrected chi connectivity index (χ0v) is 9.28. The topological polar surface area (TPSA) is 44.0 Å². The van der Waals surface area contributed by atoms with Crippen LogP contribution in [0.3, 0.4) is 0 Å². The van der Waals surface area contributed by atoms with Crippen molar-refractivity contribution in [1.29, 1.82) is 5.26 Å². The Morgan fingerprint density at radius 2 is 1.87 bits per heavy atom. The number of hydrogen-bond acceptors (Lipinski definition) is 2. The van der Waals surface area contributed by atoms with Crippen molar-refractivity contribution in [2.75, 3.05) is 0 Å². The molecule has 0 unspecified atom stereocenters. The standard InChI is InChI=1S/C13H15NO/c1-13(2,3)11-5-4-10(9-14)8-12(15)7-6-11/h4-8,15H,1-3H3/b5-4-,7-6?,10-4?,10-8+,11-5?,11-6+,12-7+,12-8?. The van der Waals surface area contributed by atoms with Gasteiger partial charge in [0.05, 0.1) is 11.6 Å². The molecule has 0 heterocycles. The van der Waals surface area contributed by atoms with Crippen LogP contribution >= 0.6 is 0 Å². The summed E-state index contributed by atoms with van der Waals surface area (Å²) in [5, 5.41) is 18.2. The van der Waals surface area contributed by atoms with E-state index in [1.54, 1.807) is 12.2 Å². The number of nitrogens with zero attached hydrogens (tertiary/aromatic N) is 1. The Morgan fingerprint density at radius 1 is 1.20 bits per heavy atom. The zero-order chi connectivity index (χ0) is 11.5. The molecular formula is C13H15NO. The van der Waals surface area contributed by atoms with Crippen molar-refractivity contribution in [3.63, 3.8) is 0 Å². The number of aliphatic hydroxyl groups is 1. The van der Waals surface area contributed by atoms with E-state index >= 15 is 0 Å². The van der Waals surface area contributed by atoms with E-state index in [1.807, 2.05) is 18.2 Å². The Kier molecular flexibility index (Phi) is 3.16. The molecule has 0 aromatic heterocycles. The van der Waals surface area contributed by atoms with Crippen LogP contribution in [0.1, 0.15) is 20.8 Å². The van der Waals surface area contributed by atoms with Gasteiger partial charge in [0, 0.05) is 0 Å². The lowest BCUT2D eigenvalue weighted by Gasteiger charge is -2.20. The third-order valence-electron chi connectivity index (χ3n) is 2.17. The predicted molar refractivity (Wildman–Crippen MR) is 61.1 cm³/mol. The molecule has 0 amide bonds. The molecule has 78 valence electrons. The van der Waals surface area contributed by atoms with Gasteiger partial charge in [-0.2, -0.15) is 5.26 Å². The number of allylic oxidation sites excluding steroid dienone is 7. The third-order valence-corrected chi connectivity index (χ3v) is 2.17. The molecule has 2 nitrogen and oxygen atoms in total. The summed E-state index contributed by atoms with van der Waals surface area (Å²) >= 11 is 0. The smallest absolute Gasteiger partial charge is 0.116 e. The summed E-state index contributed by atoms with van der Waals surface area (Å²) in [4.78, 5) is 0. The highest BCUT2D eigenvalue weighted by Crippen LogP contribution is 2.27. The van der Waals surface area contributed by atoms with Crippen molar-refractivity contribution in [3.05, 3.63) is 47.3 Å². The fourth-order valence-electron chi connectivity index (χ4n) is 1.24. The van der Waals surface area contributed by atoms with Crippen LogP contribution in [-0.4, -0.2) is 5.11 Å². The van der Waals surface area contributed by atoms with Gasteiger partial charge >= 0.3 is 0 Å². The van der Waals surface area contributed by atoms with Crippen molar-refractivity contribution in [2.45, 2.75) is 20.8 Å². The first kappa shape index (κ1) is 11.3. The molecular weight excluding hydrogens is 186 g/mol. The van der Waals surface area contributed by atoms with Crippen molar-refractivity contribution in [3.8, 4) is 6.07 Å². The Bertz CT molecular complexity index is 409. The SMILES string of the molecule is CC(C)(C)C1=C/C=C(O)\C=C(C#N)/C=C\1. The van der Waals surface area contributed by atoms with E-state index < -0.39 is 0 Å². The van der Waals surface area contributed by atoms with Gasteiger partial charge in [-0.05, 0) is 29.2 Å². The molecule has 0 spiro atoms. The predicted octanol–water partition coefficient (Wildman–Crippen LogP) is 3.42. The average Bonchev–Trinajstić information content (AvgIpc) is 2.09. The molecule has 0 saturated heterocycles. The Labute approximate surface area is 90.5 Å². The fraction of sp³-hybridized carbons (Fsp3) is 0.308. The van der Waals surface area contributed by atoms with E-state index in [4.69, 9.17) is 5.26 Å². The van der Waals surface area contributed by atoms with Gasteiger partial charge in [-0.15, -0.1) is 0 Å². The third kappa shape index (κ3) is 3.14. The molecule has 0 bridgehead atoms. The first-order valence-electron chi connectivity index (χ1n) is 4.85. The van der Waals surface area contributed by atoms with Crippen LogP contribution in [0.4, 0.5) is 0 Å².